The van der Waals surface area contributed by atoms with Crippen molar-refractivity contribution in [1.82, 2.24) is 10.2 Å². The van der Waals surface area contributed by atoms with E-state index in [-0.39, 0.29) is 24.8 Å². The normalized spacial score (nSPS) is 16.9. The third kappa shape index (κ3) is 3.95. The number of alkyl halides is 1. The summed E-state index contributed by atoms with van der Waals surface area (Å²) in [7, 11) is 0. The third-order valence-corrected chi connectivity index (χ3v) is 3.46. The fourth-order valence-electron chi connectivity index (χ4n) is 2.45. The Bertz CT molecular complexity index is 429. The van der Waals surface area contributed by atoms with Gasteiger partial charge in [0.05, 0.1) is 6.04 Å². The number of phenols is 1. The SMILES string of the molecule is Cc1ccc(F)c(O)c1[C@H](CF)N1CCNCC1.Cl.Cl. The van der Waals surface area contributed by atoms with Gasteiger partial charge in [-0.1, -0.05) is 6.07 Å². The number of halogens is 4. The summed E-state index contributed by atoms with van der Waals surface area (Å²) < 4.78 is 26.7. The molecule has 0 amide bonds. The van der Waals surface area contributed by atoms with Crippen molar-refractivity contribution in [2.24, 2.45) is 0 Å². The lowest BCUT2D eigenvalue weighted by Gasteiger charge is -2.34. The summed E-state index contributed by atoms with van der Waals surface area (Å²) >= 11 is 0. The van der Waals surface area contributed by atoms with E-state index in [1.165, 1.54) is 6.07 Å². The molecule has 1 heterocycles. The van der Waals surface area contributed by atoms with Gasteiger partial charge in [-0.15, -0.1) is 24.8 Å². The Morgan fingerprint density at radius 1 is 1.30 bits per heavy atom. The summed E-state index contributed by atoms with van der Waals surface area (Å²) in [5, 5.41) is 13.0. The molecule has 1 aromatic rings. The second-order valence-electron chi connectivity index (χ2n) is 4.58. The molecule has 20 heavy (non-hydrogen) atoms. The molecule has 0 radical (unpaired) electrons. The first-order chi connectivity index (χ1) is 8.65. The first kappa shape index (κ1) is 19.4. The lowest BCUT2D eigenvalue weighted by Crippen LogP contribution is -2.45. The Labute approximate surface area is 130 Å². The van der Waals surface area contributed by atoms with Crippen LogP contribution in [0.5, 0.6) is 5.75 Å². The largest absolute Gasteiger partial charge is 0.505 e. The topological polar surface area (TPSA) is 35.5 Å². The predicted octanol–water partition coefficient (Wildman–Crippen LogP) is 2.60. The van der Waals surface area contributed by atoms with Crippen LogP contribution in [-0.2, 0) is 0 Å². The first-order valence-electron chi connectivity index (χ1n) is 6.14. The number of rotatable bonds is 3. The zero-order valence-corrected chi connectivity index (χ0v) is 12.9. The van der Waals surface area contributed by atoms with Crippen molar-refractivity contribution in [1.29, 1.82) is 0 Å². The van der Waals surface area contributed by atoms with Crippen molar-refractivity contribution < 1.29 is 13.9 Å². The summed E-state index contributed by atoms with van der Waals surface area (Å²) in [6.45, 7) is 4.10. The second-order valence-corrected chi connectivity index (χ2v) is 4.58. The molecule has 3 nitrogen and oxygen atoms in total. The number of hydrogen-bond acceptors (Lipinski definition) is 3. The molecule has 0 unspecified atom stereocenters. The second kappa shape index (κ2) is 8.62. The quantitative estimate of drug-likeness (QED) is 0.895. The average molecular weight is 329 g/mol. The van der Waals surface area contributed by atoms with Crippen molar-refractivity contribution in [3.63, 3.8) is 0 Å². The van der Waals surface area contributed by atoms with Crippen LogP contribution in [0.2, 0.25) is 0 Å². The lowest BCUT2D eigenvalue weighted by atomic mass is 9.98. The highest BCUT2D eigenvalue weighted by atomic mass is 35.5. The Morgan fingerprint density at radius 3 is 2.45 bits per heavy atom. The van der Waals surface area contributed by atoms with E-state index in [9.17, 15) is 13.9 Å². The van der Waals surface area contributed by atoms with Gasteiger partial charge in [-0.25, -0.2) is 8.78 Å². The molecule has 2 rings (SSSR count). The Balaban J connectivity index is 0.00000180. The van der Waals surface area contributed by atoms with E-state index in [4.69, 9.17) is 0 Å². The lowest BCUT2D eigenvalue weighted by molar-refractivity contribution is 0.144. The third-order valence-electron chi connectivity index (χ3n) is 3.46. The zero-order valence-electron chi connectivity index (χ0n) is 11.2. The standard InChI is InChI=1S/C13H18F2N2O.2ClH/c1-9-2-3-10(15)13(18)12(9)11(8-14)17-6-4-16-5-7-17;;/h2-3,11,16,18H,4-8H2,1H3;2*1H/t11-;;/m0../s1. The van der Waals surface area contributed by atoms with Crippen molar-refractivity contribution in [2.75, 3.05) is 32.9 Å². The van der Waals surface area contributed by atoms with E-state index in [1.54, 1.807) is 13.0 Å². The van der Waals surface area contributed by atoms with E-state index in [0.29, 0.717) is 18.7 Å². The van der Waals surface area contributed by atoms with E-state index in [2.05, 4.69) is 5.32 Å². The van der Waals surface area contributed by atoms with Gasteiger partial charge in [0.2, 0.25) is 0 Å². The molecule has 1 atom stereocenters. The van der Waals surface area contributed by atoms with Gasteiger partial charge < -0.3 is 10.4 Å². The molecule has 0 bridgehead atoms. The molecule has 0 saturated carbocycles. The van der Waals surface area contributed by atoms with Crippen molar-refractivity contribution in [3.05, 3.63) is 29.1 Å². The molecule has 116 valence electrons. The monoisotopic (exact) mass is 328 g/mol. The molecule has 0 spiro atoms. The number of hydrogen-bond donors (Lipinski definition) is 2. The minimum Gasteiger partial charge on any atom is -0.505 e. The fraction of sp³-hybridized carbons (Fsp3) is 0.538. The maximum Gasteiger partial charge on any atom is 0.165 e. The Morgan fingerprint density at radius 2 is 1.90 bits per heavy atom. The number of aromatic hydroxyl groups is 1. The van der Waals surface area contributed by atoms with Crippen LogP contribution in [0, 0.1) is 12.7 Å². The maximum atomic E-state index is 13.4. The highest BCUT2D eigenvalue weighted by molar-refractivity contribution is 5.85. The van der Waals surface area contributed by atoms with E-state index < -0.39 is 24.3 Å². The Hall–Kier alpha value is -0.620. The minimum atomic E-state index is -0.691. The molecule has 1 aliphatic heterocycles. The van der Waals surface area contributed by atoms with Gasteiger partial charge in [-0.05, 0) is 18.6 Å². The van der Waals surface area contributed by atoms with Gasteiger partial charge in [0, 0.05) is 31.7 Å². The van der Waals surface area contributed by atoms with Crippen LogP contribution in [0.25, 0.3) is 0 Å². The van der Waals surface area contributed by atoms with Crippen molar-refractivity contribution >= 4 is 24.8 Å². The van der Waals surface area contributed by atoms with Gasteiger partial charge in [0.15, 0.2) is 11.6 Å². The van der Waals surface area contributed by atoms with Gasteiger partial charge in [-0.3, -0.25) is 4.90 Å². The summed E-state index contributed by atoms with van der Waals surface area (Å²) in [6.07, 6.45) is 0. The summed E-state index contributed by atoms with van der Waals surface area (Å²) in [5.41, 5.74) is 1.09. The highest BCUT2D eigenvalue weighted by Crippen LogP contribution is 2.34. The maximum absolute atomic E-state index is 13.4. The van der Waals surface area contributed by atoms with Crippen LogP contribution < -0.4 is 5.32 Å². The van der Waals surface area contributed by atoms with Crippen LogP contribution in [0.15, 0.2) is 12.1 Å². The Kier molecular flexibility index (Phi) is 8.35. The number of piperazine rings is 1. The molecular weight excluding hydrogens is 309 g/mol. The summed E-state index contributed by atoms with van der Waals surface area (Å²) in [6, 6.07) is 2.22. The summed E-state index contributed by atoms with van der Waals surface area (Å²) in [4.78, 5) is 1.94. The van der Waals surface area contributed by atoms with E-state index >= 15 is 0 Å². The number of phenolic OH excluding ortho intramolecular Hbond substituents is 1. The van der Waals surface area contributed by atoms with E-state index in [1.807, 2.05) is 4.90 Å². The van der Waals surface area contributed by atoms with Crippen LogP contribution in [0.1, 0.15) is 17.2 Å². The van der Waals surface area contributed by atoms with Crippen LogP contribution >= 0.6 is 24.8 Å². The van der Waals surface area contributed by atoms with Crippen molar-refractivity contribution in [3.8, 4) is 5.75 Å². The van der Waals surface area contributed by atoms with Gasteiger partial charge in [0.1, 0.15) is 6.67 Å². The molecule has 0 aromatic heterocycles. The number of aryl methyl sites for hydroxylation is 1. The molecule has 1 aromatic carbocycles. The van der Waals surface area contributed by atoms with Gasteiger partial charge >= 0.3 is 0 Å². The summed E-state index contributed by atoms with van der Waals surface area (Å²) in [5.74, 6) is -1.11. The predicted molar refractivity (Wildman–Crippen MR) is 80.5 cm³/mol. The number of nitrogens with zero attached hydrogens (tertiary/aromatic N) is 1. The van der Waals surface area contributed by atoms with Gasteiger partial charge in [0.25, 0.3) is 0 Å². The number of nitrogens with one attached hydrogen (secondary N) is 1. The molecule has 1 fully saturated rings. The highest BCUT2D eigenvalue weighted by Gasteiger charge is 2.27. The smallest absolute Gasteiger partial charge is 0.165 e. The molecule has 2 N–H and O–H groups in total. The van der Waals surface area contributed by atoms with Crippen LogP contribution in [0.4, 0.5) is 8.78 Å². The molecule has 0 aliphatic carbocycles. The number of benzene rings is 1. The van der Waals surface area contributed by atoms with Crippen molar-refractivity contribution in [2.45, 2.75) is 13.0 Å². The molecule has 1 aliphatic rings. The van der Waals surface area contributed by atoms with Crippen LogP contribution in [-0.4, -0.2) is 42.9 Å². The molecule has 1 saturated heterocycles. The molecule has 7 heteroatoms. The van der Waals surface area contributed by atoms with Gasteiger partial charge in [-0.2, -0.15) is 0 Å². The zero-order chi connectivity index (χ0) is 13.1. The van der Waals surface area contributed by atoms with E-state index in [0.717, 1.165) is 18.7 Å². The minimum absolute atomic E-state index is 0. The van der Waals surface area contributed by atoms with Crippen LogP contribution in [0.3, 0.4) is 0 Å². The average Bonchev–Trinajstić information content (AvgIpc) is 2.40. The first-order valence-corrected chi connectivity index (χ1v) is 6.14. The molecular formula is C13H20Cl2F2N2O. The fourth-order valence-corrected chi connectivity index (χ4v) is 2.45.